The smallest absolute Gasteiger partial charge is 0.203 e. The molecule has 0 fully saturated rings. The van der Waals surface area contributed by atoms with Gasteiger partial charge in [0.15, 0.2) is 0 Å². The van der Waals surface area contributed by atoms with Crippen LogP contribution in [0.4, 0.5) is 110 Å². The molecule has 37 heavy (non-hydrogen) atoms. The average Bonchev–Trinajstić information content (AvgIpc) is 2.65. The van der Waals surface area contributed by atoms with Crippen molar-refractivity contribution in [3.8, 4) is 0 Å². The van der Waals surface area contributed by atoms with E-state index in [0.29, 0.717) is 0 Å². The third-order valence-electron chi connectivity index (χ3n) is 4.20. The molecule has 0 bridgehead atoms. The first kappa shape index (κ1) is 35.2. The molecule has 0 amide bonds. The molecule has 0 saturated carbocycles. The second kappa shape index (κ2) is 8.37. The number of alkyl halides is 25. The highest BCUT2D eigenvalue weighted by Crippen LogP contribution is 2.67. The van der Waals surface area contributed by atoms with E-state index >= 15 is 0 Å². The molecule has 0 aromatic carbocycles. The molecule has 0 aromatic rings. The molecular weight excluding hydrogens is 619 g/mol. The van der Waals surface area contributed by atoms with Gasteiger partial charge in [-0.05, 0) is 0 Å². The summed E-state index contributed by atoms with van der Waals surface area (Å²) in [6.45, 7) is 0. The standard InChI is InChI=1S/C12HF25/c13-1(14)2(15,16)3(17,18)4(19,20)5(21,22)6(23,24)7(25,26)8(27,28)9(29,30)10(31,32)11(33,34)12(35,36)37/h1H. The molecule has 0 N–H and O–H groups in total. The lowest BCUT2D eigenvalue weighted by atomic mass is 9.85. The molecular formula is C12HF25. The van der Waals surface area contributed by atoms with Gasteiger partial charge in [0.1, 0.15) is 0 Å². The van der Waals surface area contributed by atoms with E-state index in [1.165, 1.54) is 0 Å². The van der Waals surface area contributed by atoms with Crippen LogP contribution in [0.25, 0.3) is 0 Å². The number of hydrogen-bond donors (Lipinski definition) is 0. The Kier molecular flexibility index (Phi) is 7.98. The highest BCUT2D eigenvalue weighted by Gasteiger charge is 2.99. The van der Waals surface area contributed by atoms with Gasteiger partial charge >= 0.3 is 71.8 Å². The molecule has 224 valence electrons. The van der Waals surface area contributed by atoms with Crippen LogP contribution in [-0.4, -0.2) is 71.8 Å². The molecule has 25 heteroatoms. The van der Waals surface area contributed by atoms with Crippen molar-refractivity contribution in [3.05, 3.63) is 0 Å². The van der Waals surface area contributed by atoms with Crippen LogP contribution in [0.15, 0.2) is 0 Å². The minimum Gasteiger partial charge on any atom is -0.203 e. The second-order valence-electron chi connectivity index (χ2n) is 6.59. The van der Waals surface area contributed by atoms with Gasteiger partial charge in [0.25, 0.3) is 0 Å². The average molecular weight is 620 g/mol. The Morgan fingerprint density at radius 3 is 0.568 bits per heavy atom. The van der Waals surface area contributed by atoms with Crippen LogP contribution in [0.5, 0.6) is 0 Å². The number of rotatable bonds is 10. The number of hydrogen-bond acceptors (Lipinski definition) is 0. The molecule has 0 spiro atoms. The van der Waals surface area contributed by atoms with Gasteiger partial charge in [-0.25, -0.2) is 8.78 Å². The van der Waals surface area contributed by atoms with Crippen molar-refractivity contribution in [1.29, 1.82) is 0 Å². The molecule has 0 aliphatic heterocycles. The first-order valence-electron chi connectivity index (χ1n) is 7.57. The predicted molar refractivity (Wildman–Crippen MR) is 61.5 cm³/mol. The molecule has 0 radical (unpaired) electrons. The fraction of sp³-hybridized carbons (Fsp3) is 1.00. The highest BCUT2D eigenvalue weighted by atomic mass is 19.4. The fourth-order valence-corrected chi connectivity index (χ4v) is 1.90. The molecule has 0 atom stereocenters. The lowest BCUT2D eigenvalue weighted by molar-refractivity contribution is -0.480. The Hall–Kier alpha value is -1.75. The zero-order chi connectivity index (χ0) is 31.1. The summed E-state index contributed by atoms with van der Waals surface area (Å²) in [4.78, 5) is 0. The van der Waals surface area contributed by atoms with E-state index in [2.05, 4.69) is 0 Å². The third kappa shape index (κ3) is 4.01. The molecule has 0 aliphatic rings. The molecule has 0 aromatic heterocycles. The Morgan fingerprint density at radius 2 is 0.405 bits per heavy atom. The van der Waals surface area contributed by atoms with Gasteiger partial charge in [-0.15, -0.1) is 0 Å². The normalized spacial score (nSPS) is 17.0. The molecule has 0 aliphatic carbocycles. The van der Waals surface area contributed by atoms with Crippen molar-refractivity contribution in [1.82, 2.24) is 0 Å². The van der Waals surface area contributed by atoms with Crippen molar-refractivity contribution in [2.24, 2.45) is 0 Å². The summed E-state index contributed by atoms with van der Waals surface area (Å²) in [6.07, 6.45) is -14.4. The van der Waals surface area contributed by atoms with E-state index in [9.17, 15) is 110 Å². The van der Waals surface area contributed by atoms with Crippen LogP contribution in [0.2, 0.25) is 0 Å². The van der Waals surface area contributed by atoms with Crippen LogP contribution in [-0.2, 0) is 0 Å². The second-order valence-corrected chi connectivity index (χ2v) is 6.59. The Morgan fingerprint density at radius 1 is 0.243 bits per heavy atom. The van der Waals surface area contributed by atoms with Gasteiger partial charge in [0, 0.05) is 0 Å². The van der Waals surface area contributed by atoms with Crippen LogP contribution < -0.4 is 0 Å². The molecule has 0 heterocycles. The third-order valence-corrected chi connectivity index (χ3v) is 4.20. The van der Waals surface area contributed by atoms with E-state index in [0.717, 1.165) is 0 Å². The van der Waals surface area contributed by atoms with E-state index < -0.39 is 71.8 Å². The van der Waals surface area contributed by atoms with E-state index in [1.807, 2.05) is 0 Å². The Balaban J connectivity index is 7.22. The van der Waals surface area contributed by atoms with Crippen molar-refractivity contribution in [3.63, 3.8) is 0 Å². The SMILES string of the molecule is FC(F)C(F)(F)C(F)(F)C(F)(F)C(F)(F)C(F)(F)C(F)(F)C(F)(F)C(F)(F)C(F)(F)C(F)(F)C(F)(F)F. The summed E-state index contributed by atoms with van der Waals surface area (Å²) >= 11 is 0. The topological polar surface area (TPSA) is 0 Å². The van der Waals surface area contributed by atoms with E-state index in [-0.39, 0.29) is 0 Å². The van der Waals surface area contributed by atoms with Crippen molar-refractivity contribution in [2.75, 3.05) is 0 Å². The van der Waals surface area contributed by atoms with Crippen molar-refractivity contribution < 1.29 is 110 Å². The minimum absolute atomic E-state index is 6.27. The molecule has 0 rings (SSSR count). The first-order chi connectivity index (χ1) is 15.4. The van der Waals surface area contributed by atoms with E-state index in [4.69, 9.17) is 0 Å². The van der Waals surface area contributed by atoms with Crippen LogP contribution in [0.3, 0.4) is 0 Å². The van der Waals surface area contributed by atoms with Gasteiger partial charge in [-0.3, -0.25) is 0 Å². The molecule has 0 unspecified atom stereocenters. The van der Waals surface area contributed by atoms with Crippen molar-refractivity contribution in [2.45, 2.75) is 71.8 Å². The summed E-state index contributed by atoms with van der Waals surface area (Å²) in [5.41, 5.74) is 0. The molecule has 0 saturated heterocycles. The minimum atomic E-state index is -9.54. The summed E-state index contributed by atoms with van der Waals surface area (Å²) < 4.78 is 320. The zero-order valence-corrected chi connectivity index (χ0v) is 15.5. The lowest BCUT2D eigenvalue weighted by Crippen LogP contribution is -2.77. The van der Waals surface area contributed by atoms with E-state index in [1.54, 1.807) is 0 Å². The maximum absolute atomic E-state index is 13.3. The quantitative estimate of drug-likeness (QED) is 0.217. The summed E-state index contributed by atoms with van der Waals surface area (Å²) in [5.74, 6) is -90.7. The van der Waals surface area contributed by atoms with Gasteiger partial charge in [0.2, 0.25) is 0 Å². The maximum Gasteiger partial charge on any atom is 0.460 e. The predicted octanol–water partition coefficient (Wildman–Crippen LogP) is 8.17. The van der Waals surface area contributed by atoms with Gasteiger partial charge in [-0.1, -0.05) is 0 Å². The van der Waals surface area contributed by atoms with Gasteiger partial charge < -0.3 is 0 Å². The lowest BCUT2D eigenvalue weighted by Gasteiger charge is -2.45. The highest BCUT2D eigenvalue weighted by molar-refractivity contribution is 5.19. The van der Waals surface area contributed by atoms with Gasteiger partial charge in [0.05, 0.1) is 0 Å². The summed E-state index contributed by atoms with van der Waals surface area (Å²) in [6, 6.07) is 0. The Bertz CT molecular complexity index is 825. The number of halogens is 25. The largest absolute Gasteiger partial charge is 0.460 e. The fourth-order valence-electron chi connectivity index (χ4n) is 1.90. The maximum atomic E-state index is 13.3. The monoisotopic (exact) mass is 620 g/mol. The van der Waals surface area contributed by atoms with Crippen LogP contribution in [0, 0.1) is 0 Å². The summed E-state index contributed by atoms with van der Waals surface area (Å²) in [7, 11) is 0. The Labute approximate surface area is 183 Å². The van der Waals surface area contributed by atoms with Crippen LogP contribution >= 0.6 is 0 Å². The molecule has 0 nitrogen and oxygen atoms in total. The first-order valence-corrected chi connectivity index (χ1v) is 7.57. The zero-order valence-electron chi connectivity index (χ0n) is 15.5. The summed E-state index contributed by atoms with van der Waals surface area (Å²) in [5, 5.41) is 0. The van der Waals surface area contributed by atoms with Gasteiger partial charge in [-0.2, -0.15) is 101 Å². The van der Waals surface area contributed by atoms with Crippen molar-refractivity contribution >= 4 is 0 Å². The van der Waals surface area contributed by atoms with Crippen LogP contribution in [0.1, 0.15) is 0 Å².